The van der Waals surface area contributed by atoms with Crippen LogP contribution in [0.2, 0.25) is 0 Å². The number of carbonyl (C=O) groups is 2. The van der Waals surface area contributed by atoms with Gasteiger partial charge in [0.15, 0.2) is 0 Å². The van der Waals surface area contributed by atoms with Crippen molar-refractivity contribution in [1.82, 2.24) is 9.47 Å². The molecule has 2 aromatic heterocycles. The number of benzene rings is 1. The van der Waals surface area contributed by atoms with Gasteiger partial charge in [-0.25, -0.2) is 0 Å². The smallest absolute Gasteiger partial charge is 0.274 e. The molecule has 2 aliphatic rings. The van der Waals surface area contributed by atoms with Crippen molar-refractivity contribution in [2.45, 2.75) is 18.9 Å². The Balaban J connectivity index is 1.39. The van der Waals surface area contributed by atoms with E-state index in [-0.39, 0.29) is 29.2 Å². The van der Waals surface area contributed by atoms with Crippen molar-refractivity contribution in [3.8, 4) is 0 Å². The van der Waals surface area contributed by atoms with Gasteiger partial charge in [0, 0.05) is 36.8 Å². The van der Waals surface area contributed by atoms with Gasteiger partial charge >= 0.3 is 0 Å². The highest BCUT2D eigenvalue weighted by atomic mass is 32.1. The number of aromatic nitrogens is 1. The average Bonchev–Trinajstić information content (AvgIpc) is 3.31. The summed E-state index contributed by atoms with van der Waals surface area (Å²) < 4.78 is 1.78. The fourth-order valence-corrected chi connectivity index (χ4v) is 5.18. The summed E-state index contributed by atoms with van der Waals surface area (Å²) in [4.78, 5) is 40.8. The third-order valence-corrected chi connectivity index (χ3v) is 6.77. The number of likely N-dealkylation sites (tertiary alicyclic amines) is 1. The van der Waals surface area contributed by atoms with Crippen molar-refractivity contribution in [1.29, 1.82) is 0 Å². The Hall–Kier alpha value is -3.19. The quantitative estimate of drug-likeness (QED) is 0.707. The van der Waals surface area contributed by atoms with Crippen LogP contribution in [0.25, 0.3) is 0 Å². The standard InChI is InChI=1S/C23H21N3O3S/c27-21(20-7-4-10-30-20)24-18-8-9-19-17-11-15(13-26(19)23(18)29)12-25(14-17)22(28)16-5-2-1-3-6-16/h1-10,15,17H,11-14H2,(H,24,27)/t15-,17-/m1/s1. The number of pyridine rings is 1. The van der Waals surface area contributed by atoms with E-state index in [1.54, 1.807) is 16.7 Å². The Bertz CT molecular complexity index is 1150. The lowest BCUT2D eigenvalue weighted by molar-refractivity contribution is 0.0594. The van der Waals surface area contributed by atoms with E-state index in [2.05, 4.69) is 5.32 Å². The molecule has 1 N–H and O–H groups in total. The van der Waals surface area contributed by atoms with Crippen LogP contribution in [0.3, 0.4) is 0 Å². The Morgan fingerprint density at radius 1 is 0.967 bits per heavy atom. The molecule has 1 fully saturated rings. The molecule has 6 nitrogen and oxygen atoms in total. The molecule has 0 saturated carbocycles. The van der Waals surface area contributed by atoms with Crippen LogP contribution in [0.15, 0.2) is 64.8 Å². The van der Waals surface area contributed by atoms with Crippen LogP contribution in [0.5, 0.6) is 0 Å². The van der Waals surface area contributed by atoms with Gasteiger partial charge in [-0.2, -0.15) is 0 Å². The zero-order valence-corrected chi connectivity index (χ0v) is 17.1. The van der Waals surface area contributed by atoms with Gasteiger partial charge in [0.2, 0.25) is 0 Å². The Morgan fingerprint density at radius 2 is 1.80 bits per heavy atom. The summed E-state index contributed by atoms with van der Waals surface area (Å²) in [6, 6.07) is 16.5. The first-order chi connectivity index (χ1) is 14.6. The van der Waals surface area contributed by atoms with Gasteiger partial charge in [0.05, 0.1) is 4.88 Å². The molecule has 2 bridgehead atoms. The fraction of sp³-hybridized carbons (Fsp3) is 0.261. The van der Waals surface area contributed by atoms with E-state index in [0.717, 1.165) is 12.1 Å². The third kappa shape index (κ3) is 3.35. The van der Waals surface area contributed by atoms with Crippen molar-refractivity contribution >= 4 is 28.8 Å². The van der Waals surface area contributed by atoms with E-state index in [1.807, 2.05) is 52.7 Å². The number of thiophene rings is 1. The molecule has 5 rings (SSSR count). The second-order valence-corrected chi connectivity index (χ2v) is 8.84. The van der Waals surface area contributed by atoms with Crippen molar-refractivity contribution in [2.24, 2.45) is 5.92 Å². The number of nitrogens with zero attached hydrogens (tertiary/aromatic N) is 2. The lowest BCUT2D eigenvalue weighted by Gasteiger charge is -2.43. The SMILES string of the molecule is O=C(Nc1ccc2n(c1=O)C[C@@H]1C[C@@H]2CN(C(=O)c2ccccc2)C1)c1cccs1. The van der Waals surface area contributed by atoms with Gasteiger partial charge < -0.3 is 14.8 Å². The van der Waals surface area contributed by atoms with Crippen LogP contribution in [-0.4, -0.2) is 34.4 Å². The Labute approximate surface area is 177 Å². The Morgan fingerprint density at radius 3 is 2.57 bits per heavy atom. The number of amides is 2. The van der Waals surface area contributed by atoms with Gasteiger partial charge in [-0.3, -0.25) is 14.4 Å². The van der Waals surface area contributed by atoms with E-state index in [1.165, 1.54) is 11.3 Å². The molecule has 1 aromatic carbocycles. The van der Waals surface area contributed by atoms with Crippen LogP contribution in [-0.2, 0) is 6.54 Å². The molecule has 0 spiro atoms. The molecule has 1 saturated heterocycles. The summed E-state index contributed by atoms with van der Waals surface area (Å²) in [7, 11) is 0. The van der Waals surface area contributed by atoms with Crippen molar-refractivity contribution in [3.63, 3.8) is 0 Å². The number of carbonyl (C=O) groups excluding carboxylic acids is 2. The van der Waals surface area contributed by atoms with Crippen molar-refractivity contribution in [2.75, 3.05) is 18.4 Å². The largest absolute Gasteiger partial charge is 0.338 e. The molecule has 2 amide bonds. The van der Waals surface area contributed by atoms with E-state index < -0.39 is 0 Å². The predicted octanol–water partition coefficient (Wildman–Crippen LogP) is 3.42. The van der Waals surface area contributed by atoms with E-state index >= 15 is 0 Å². The maximum absolute atomic E-state index is 13.1. The van der Waals surface area contributed by atoms with Gasteiger partial charge in [-0.15, -0.1) is 11.3 Å². The van der Waals surface area contributed by atoms with E-state index in [9.17, 15) is 14.4 Å². The normalized spacial score (nSPS) is 19.8. The predicted molar refractivity (Wildman–Crippen MR) is 116 cm³/mol. The molecule has 7 heteroatoms. The molecule has 152 valence electrons. The summed E-state index contributed by atoms with van der Waals surface area (Å²) in [6.07, 6.45) is 0.971. The minimum absolute atomic E-state index is 0.0425. The zero-order valence-electron chi connectivity index (χ0n) is 16.3. The number of hydrogen-bond donors (Lipinski definition) is 1. The highest BCUT2D eigenvalue weighted by molar-refractivity contribution is 7.12. The molecule has 2 aliphatic heterocycles. The maximum atomic E-state index is 13.1. The topological polar surface area (TPSA) is 71.4 Å². The Kier molecular flexibility index (Phi) is 4.75. The first-order valence-electron chi connectivity index (χ1n) is 10.0. The molecular weight excluding hydrogens is 398 g/mol. The second-order valence-electron chi connectivity index (χ2n) is 7.89. The molecular formula is C23H21N3O3S. The van der Waals surface area contributed by atoms with Gasteiger partial charge in [0.25, 0.3) is 17.4 Å². The van der Waals surface area contributed by atoms with Crippen LogP contribution in [0.4, 0.5) is 5.69 Å². The summed E-state index contributed by atoms with van der Waals surface area (Å²) in [6.45, 7) is 1.80. The summed E-state index contributed by atoms with van der Waals surface area (Å²) in [5, 5.41) is 4.58. The van der Waals surface area contributed by atoms with E-state index in [4.69, 9.17) is 0 Å². The third-order valence-electron chi connectivity index (χ3n) is 5.91. The minimum atomic E-state index is -0.265. The minimum Gasteiger partial charge on any atom is -0.338 e. The molecule has 0 aliphatic carbocycles. The molecule has 2 atom stereocenters. The van der Waals surface area contributed by atoms with Gasteiger partial charge in [-0.05, 0) is 48.1 Å². The van der Waals surface area contributed by atoms with E-state index in [0.29, 0.717) is 35.8 Å². The first-order valence-corrected chi connectivity index (χ1v) is 10.9. The summed E-state index contributed by atoms with van der Waals surface area (Å²) >= 11 is 1.34. The number of rotatable bonds is 3. The molecule has 30 heavy (non-hydrogen) atoms. The van der Waals surface area contributed by atoms with Crippen LogP contribution in [0.1, 0.15) is 38.1 Å². The molecule has 0 unspecified atom stereocenters. The lowest BCUT2D eigenvalue weighted by Crippen LogP contribution is -2.49. The molecule has 0 radical (unpaired) electrons. The lowest BCUT2D eigenvalue weighted by atomic mass is 9.83. The number of fused-ring (bicyclic) bond motifs is 4. The van der Waals surface area contributed by atoms with Crippen LogP contribution in [0, 0.1) is 5.92 Å². The maximum Gasteiger partial charge on any atom is 0.274 e. The zero-order chi connectivity index (χ0) is 20.7. The average molecular weight is 420 g/mol. The number of hydrogen-bond acceptors (Lipinski definition) is 4. The van der Waals surface area contributed by atoms with Crippen molar-refractivity contribution < 1.29 is 9.59 Å². The summed E-state index contributed by atoms with van der Waals surface area (Å²) in [5.74, 6) is 0.129. The number of piperidine rings is 1. The highest BCUT2D eigenvalue weighted by Gasteiger charge is 2.37. The molecule has 3 aromatic rings. The highest BCUT2D eigenvalue weighted by Crippen LogP contribution is 2.36. The fourth-order valence-electron chi connectivity index (χ4n) is 4.56. The van der Waals surface area contributed by atoms with Gasteiger partial charge in [0.1, 0.15) is 5.69 Å². The summed E-state index contributed by atoms with van der Waals surface area (Å²) in [5.41, 5.74) is 1.77. The van der Waals surface area contributed by atoms with Gasteiger partial charge in [-0.1, -0.05) is 24.3 Å². The number of anilines is 1. The van der Waals surface area contributed by atoms with Crippen LogP contribution >= 0.6 is 11.3 Å². The number of nitrogens with one attached hydrogen (secondary N) is 1. The molecule has 4 heterocycles. The first kappa shape index (κ1) is 18.8. The van der Waals surface area contributed by atoms with Crippen molar-refractivity contribution in [3.05, 3.63) is 86.5 Å². The second kappa shape index (κ2) is 7.57. The monoisotopic (exact) mass is 419 g/mol. The van der Waals surface area contributed by atoms with Crippen LogP contribution < -0.4 is 10.9 Å².